The summed E-state index contributed by atoms with van der Waals surface area (Å²) in [6.07, 6.45) is 6.31. The first-order chi connectivity index (χ1) is 24.8. The first-order valence-electron chi connectivity index (χ1n) is 18.1. The Morgan fingerprint density at radius 2 is 1.68 bits per heavy atom. The van der Waals surface area contributed by atoms with Gasteiger partial charge in [-0.2, -0.15) is 0 Å². The van der Waals surface area contributed by atoms with E-state index in [0.29, 0.717) is 11.1 Å². The number of pyridine rings is 1. The molecule has 0 radical (unpaired) electrons. The molecule has 0 fully saturated rings. The molecule has 0 bridgehead atoms. The highest BCUT2D eigenvalue weighted by atomic mass is 32.1. The quantitative estimate of drug-likeness (QED) is 0.149. The SMILES string of the molecule is [2H]C=C(/C([2H])=C([2H])\C([2H])=C\c1sc(-c2c([2H])c([2H])c([2H])c([2H])c2[2H])c([2H])c1[2H])c1ccccccc(C(=N)/C=C\c2ccc3cccnc3c2)cc1. The number of nitrogens with zero attached hydrogens (tertiary/aromatic N) is 1. The lowest BCUT2D eigenvalue weighted by molar-refractivity contribution is 1.41. The van der Waals surface area contributed by atoms with E-state index in [4.69, 9.17) is 20.5 Å². The summed E-state index contributed by atoms with van der Waals surface area (Å²) >= 11 is 0.774. The fraction of sp³-hybridized carbons (Fsp3) is 0. The molecule has 0 atom stereocenters. The maximum absolute atomic E-state index is 8.77. The van der Waals surface area contributed by atoms with E-state index in [9.17, 15) is 0 Å². The highest BCUT2D eigenvalue weighted by Gasteiger charge is 2.00. The van der Waals surface area contributed by atoms with Crippen LogP contribution in [0.1, 0.15) is 36.6 Å². The standard InChI is InChI=1S/C38H30N2S/c1-29(12-9-10-18-35-24-26-38(41-35)34-15-7-4-8-16-34)31-13-5-2-3-6-14-32(23-22-31)36(39)25-20-30-19-21-33-17-11-27-40-37(33)28-30/h2-28,39H,1H2/b3-2?,5-2?,6-3?,12-9-,13-5?,14-6?,18-10+,23-22?,25-20-,31-13?,31-22?,32-14?,32-23?,39-36?/i1D,4D,7D,8D,9D,10D,12D,15D,16D,24D,26D/b3-2?,5-2?,6-3?,12-9-,13-5?,14-6?,18-10+,23-22?,25-20-,29-1?,31-13?,31-22?,32-14?,32-23?,39-36?. The van der Waals surface area contributed by atoms with E-state index >= 15 is 0 Å². The molecule has 3 aromatic carbocycles. The number of rotatable bonds is 8. The van der Waals surface area contributed by atoms with Crippen LogP contribution in [-0.2, 0) is 0 Å². The van der Waals surface area contributed by atoms with Crippen LogP contribution in [0.2, 0.25) is 0 Å². The second-order valence-corrected chi connectivity index (χ2v) is 9.60. The van der Waals surface area contributed by atoms with Crippen molar-refractivity contribution in [3.05, 3.63) is 180 Å². The molecule has 3 heteroatoms. The van der Waals surface area contributed by atoms with E-state index in [0.717, 1.165) is 40.4 Å². The number of hydrogen-bond donors (Lipinski definition) is 1. The van der Waals surface area contributed by atoms with Crippen molar-refractivity contribution in [2.45, 2.75) is 0 Å². The van der Waals surface area contributed by atoms with Crippen molar-refractivity contribution < 1.29 is 15.1 Å². The van der Waals surface area contributed by atoms with Gasteiger partial charge >= 0.3 is 0 Å². The van der Waals surface area contributed by atoms with Gasteiger partial charge < -0.3 is 5.41 Å². The molecule has 0 saturated carbocycles. The van der Waals surface area contributed by atoms with Crippen LogP contribution in [0.5, 0.6) is 0 Å². The monoisotopic (exact) mass is 557 g/mol. The number of aromatic nitrogens is 1. The van der Waals surface area contributed by atoms with E-state index in [1.165, 1.54) is 0 Å². The van der Waals surface area contributed by atoms with Crippen LogP contribution in [-0.4, -0.2) is 10.7 Å². The fourth-order valence-corrected chi connectivity index (χ4v) is 4.40. The van der Waals surface area contributed by atoms with Crippen LogP contribution < -0.4 is 0 Å². The van der Waals surface area contributed by atoms with Crippen molar-refractivity contribution in [3.63, 3.8) is 0 Å². The second-order valence-electron chi connectivity index (χ2n) is 8.55. The van der Waals surface area contributed by atoms with Gasteiger partial charge in [0.15, 0.2) is 0 Å². The first kappa shape index (κ1) is 16.9. The number of thiophene rings is 1. The molecule has 41 heavy (non-hydrogen) atoms. The Kier molecular flexibility index (Phi) is 5.67. The molecule has 5 aromatic rings. The van der Waals surface area contributed by atoms with Crippen LogP contribution >= 0.6 is 11.3 Å². The van der Waals surface area contributed by atoms with Crippen molar-refractivity contribution in [1.82, 2.24) is 4.98 Å². The molecular formula is C38H30N2S. The molecule has 0 aliphatic rings. The van der Waals surface area contributed by atoms with Gasteiger partial charge in [0.1, 0.15) is 0 Å². The van der Waals surface area contributed by atoms with E-state index in [-0.39, 0.29) is 32.6 Å². The molecule has 0 saturated heterocycles. The number of nitrogens with one attached hydrogen (secondary N) is 1. The zero-order valence-electron chi connectivity index (χ0n) is 32.7. The number of allylic oxidation sites excluding steroid dienone is 5. The Bertz CT molecular complexity index is 2380. The fourth-order valence-electron chi connectivity index (χ4n) is 3.66. The predicted molar refractivity (Wildman–Crippen MR) is 179 cm³/mol. The number of benzene rings is 2. The maximum Gasteiger partial charge on any atom is 0.0707 e. The van der Waals surface area contributed by atoms with Gasteiger partial charge in [0.05, 0.1) is 26.3 Å². The van der Waals surface area contributed by atoms with Crippen LogP contribution in [0.4, 0.5) is 0 Å². The van der Waals surface area contributed by atoms with Crippen molar-refractivity contribution in [2.24, 2.45) is 0 Å². The van der Waals surface area contributed by atoms with Gasteiger partial charge in [-0.1, -0.05) is 128 Å². The summed E-state index contributed by atoms with van der Waals surface area (Å²) in [6, 6.07) is 18.2. The van der Waals surface area contributed by atoms with Crippen LogP contribution in [0.25, 0.3) is 39.1 Å². The Morgan fingerprint density at radius 3 is 2.54 bits per heavy atom. The largest absolute Gasteiger partial charge is 0.300 e. The topological polar surface area (TPSA) is 36.7 Å². The molecule has 0 unspecified atom stereocenters. The lowest BCUT2D eigenvalue weighted by Gasteiger charge is -2.01. The lowest BCUT2D eigenvalue weighted by Crippen LogP contribution is -1.92. The van der Waals surface area contributed by atoms with Crippen molar-refractivity contribution in [1.29, 1.82) is 5.41 Å². The first-order valence-corrected chi connectivity index (χ1v) is 13.3. The Labute approximate surface area is 261 Å². The van der Waals surface area contributed by atoms with Gasteiger partial charge in [0.2, 0.25) is 0 Å². The molecule has 1 N–H and O–H groups in total. The second kappa shape index (κ2) is 13.8. The molecule has 0 spiro atoms. The summed E-state index contributed by atoms with van der Waals surface area (Å²) in [4.78, 5) is 4.36. The van der Waals surface area contributed by atoms with Crippen molar-refractivity contribution in [3.8, 4) is 10.4 Å². The van der Waals surface area contributed by atoms with Gasteiger partial charge in [0.25, 0.3) is 0 Å². The third-order valence-electron chi connectivity index (χ3n) is 5.73. The minimum absolute atomic E-state index is 0.0111. The highest BCUT2D eigenvalue weighted by Crippen LogP contribution is 2.28. The van der Waals surface area contributed by atoms with Gasteiger partial charge in [-0.05, 0) is 64.2 Å². The summed E-state index contributed by atoms with van der Waals surface area (Å²) < 4.78 is 91.3. The molecule has 0 aliphatic carbocycles. The van der Waals surface area contributed by atoms with Crippen LogP contribution in [0.15, 0.2) is 158 Å². The molecule has 5 rings (SSSR count). The minimum atomic E-state index is -0.587. The third kappa shape index (κ3) is 7.72. The molecule has 2 aromatic heterocycles. The summed E-state index contributed by atoms with van der Waals surface area (Å²) in [5, 5.41) is 9.74. The van der Waals surface area contributed by atoms with Crippen LogP contribution in [0.3, 0.4) is 0 Å². The predicted octanol–water partition coefficient (Wildman–Crippen LogP) is 10.5. The minimum Gasteiger partial charge on any atom is -0.300 e. The average molecular weight is 558 g/mol. The lowest BCUT2D eigenvalue weighted by atomic mass is 10.1. The smallest absolute Gasteiger partial charge is 0.0707 e. The Morgan fingerprint density at radius 1 is 0.854 bits per heavy atom. The van der Waals surface area contributed by atoms with Gasteiger partial charge in [-0.3, -0.25) is 4.98 Å². The van der Waals surface area contributed by atoms with E-state index < -0.39 is 54.4 Å². The number of hydrogen-bond acceptors (Lipinski definition) is 3. The summed E-state index contributed by atoms with van der Waals surface area (Å²) in [5.74, 6) is 0. The van der Waals surface area contributed by atoms with Crippen molar-refractivity contribution >= 4 is 45.7 Å². The normalized spacial score (nSPS) is 16.3. The van der Waals surface area contributed by atoms with E-state index in [1.807, 2.05) is 36.4 Å². The molecule has 198 valence electrons. The molecule has 0 amide bonds. The van der Waals surface area contributed by atoms with Gasteiger partial charge in [-0.15, -0.1) is 11.3 Å². The zero-order valence-corrected chi connectivity index (χ0v) is 22.6. The van der Waals surface area contributed by atoms with E-state index in [2.05, 4.69) is 4.98 Å². The average Bonchev–Trinajstić information content (AvgIpc) is 3.42. The van der Waals surface area contributed by atoms with Crippen LogP contribution in [0, 0.1) is 5.41 Å². The van der Waals surface area contributed by atoms with Gasteiger partial charge in [0, 0.05) is 21.3 Å². The summed E-state index contributed by atoms with van der Waals surface area (Å²) in [7, 11) is 0. The third-order valence-corrected chi connectivity index (χ3v) is 6.68. The number of fused-ring (bicyclic) bond motifs is 1. The molecule has 2 heterocycles. The Hall–Kier alpha value is -5.12. The zero-order chi connectivity index (χ0) is 37.7. The molecular weight excluding hydrogens is 516 g/mol. The highest BCUT2D eigenvalue weighted by molar-refractivity contribution is 7.16. The van der Waals surface area contributed by atoms with E-state index in [1.54, 1.807) is 60.8 Å². The maximum atomic E-state index is 8.77. The Balaban J connectivity index is 1.48. The molecule has 2 nitrogen and oxygen atoms in total. The molecule has 0 aliphatic heterocycles. The summed E-state index contributed by atoms with van der Waals surface area (Å²) in [5.41, 5.74) is 2.57. The summed E-state index contributed by atoms with van der Waals surface area (Å²) in [6.45, 7) is 0.900. The van der Waals surface area contributed by atoms with Gasteiger partial charge in [-0.25, -0.2) is 0 Å². The van der Waals surface area contributed by atoms with Crippen molar-refractivity contribution in [2.75, 3.05) is 0 Å².